The van der Waals surface area contributed by atoms with Crippen LogP contribution in [0.15, 0.2) is 42.5 Å². The SMILES string of the molecule is CC(=O)C[C@]1(O)C(=O)N(Cc2ccc(OC(C)C)cc2)c2ccc(C)cc21. The van der Waals surface area contributed by atoms with Crippen molar-refractivity contribution in [3.05, 3.63) is 59.2 Å². The van der Waals surface area contributed by atoms with Gasteiger partial charge in [0.15, 0.2) is 5.60 Å². The van der Waals surface area contributed by atoms with Crippen LogP contribution >= 0.6 is 0 Å². The predicted molar refractivity (Wildman–Crippen MR) is 104 cm³/mol. The van der Waals surface area contributed by atoms with Crippen molar-refractivity contribution in [2.75, 3.05) is 4.90 Å². The molecule has 0 saturated heterocycles. The third-order valence-corrected chi connectivity index (χ3v) is 4.63. The maximum absolute atomic E-state index is 13.0. The van der Waals surface area contributed by atoms with E-state index in [0.717, 1.165) is 16.9 Å². The number of hydrogen-bond donors (Lipinski definition) is 1. The van der Waals surface area contributed by atoms with Gasteiger partial charge in [0.05, 0.1) is 18.3 Å². The molecule has 0 saturated carbocycles. The van der Waals surface area contributed by atoms with Gasteiger partial charge >= 0.3 is 0 Å². The number of carbonyl (C=O) groups is 2. The van der Waals surface area contributed by atoms with Gasteiger partial charge < -0.3 is 14.7 Å². The lowest BCUT2D eigenvalue weighted by Crippen LogP contribution is -2.41. The zero-order chi connectivity index (χ0) is 19.8. The summed E-state index contributed by atoms with van der Waals surface area (Å²) in [6, 6.07) is 13.1. The molecule has 1 heterocycles. The average Bonchev–Trinajstić information content (AvgIpc) is 2.77. The van der Waals surface area contributed by atoms with Crippen molar-refractivity contribution in [3.8, 4) is 5.75 Å². The molecule has 2 aromatic rings. The first kappa shape index (κ1) is 19.1. The van der Waals surface area contributed by atoms with Crippen LogP contribution in [-0.2, 0) is 21.7 Å². The monoisotopic (exact) mass is 367 g/mol. The van der Waals surface area contributed by atoms with Crippen LogP contribution in [0.3, 0.4) is 0 Å². The number of nitrogens with zero attached hydrogens (tertiary/aromatic N) is 1. The number of hydrogen-bond acceptors (Lipinski definition) is 4. The Morgan fingerprint density at radius 2 is 1.85 bits per heavy atom. The molecule has 1 aliphatic rings. The molecule has 1 N–H and O–H groups in total. The Kier molecular flexibility index (Phi) is 5.07. The van der Waals surface area contributed by atoms with E-state index in [1.807, 2.05) is 57.2 Å². The fraction of sp³-hybridized carbons (Fsp3) is 0.364. The summed E-state index contributed by atoms with van der Waals surface area (Å²) in [4.78, 5) is 26.3. The molecule has 0 unspecified atom stereocenters. The smallest absolute Gasteiger partial charge is 0.264 e. The van der Waals surface area contributed by atoms with Gasteiger partial charge in [-0.05, 0) is 51.5 Å². The average molecular weight is 367 g/mol. The second-order valence-electron chi connectivity index (χ2n) is 7.46. The van der Waals surface area contributed by atoms with Crippen LogP contribution in [0.4, 0.5) is 5.69 Å². The Morgan fingerprint density at radius 1 is 1.19 bits per heavy atom. The van der Waals surface area contributed by atoms with E-state index in [1.165, 1.54) is 6.92 Å². The first-order valence-corrected chi connectivity index (χ1v) is 9.11. The van der Waals surface area contributed by atoms with Gasteiger partial charge in [0.2, 0.25) is 0 Å². The highest BCUT2D eigenvalue weighted by Crippen LogP contribution is 2.43. The van der Waals surface area contributed by atoms with Gasteiger partial charge in [-0.3, -0.25) is 9.59 Å². The van der Waals surface area contributed by atoms with Crippen LogP contribution in [0.2, 0.25) is 0 Å². The number of amides is 1. The Bertz CT molecular complexity index is 872. The summed E-state index contributed by atoms with van der Waals surface area (Å²) in [6.45, 7) is 7.53. The maximum atomic E-state index is 13.0. The number of ketones is 1. The van der Waals surface area contributed by atoms with Crippen molar-refractivity contribution in [1.29, 1.82) is 0 Å². The lowest BCUT2D eigenvalue weighted by Gasteiger charge is -2.22. The van der Waals surface area contributed by atoms with E-state index in [4.69, 9.17) is 4.74 Å². The number of carbonyl (C=O) groups excluding carboxylic acids is 2. The van der Waals surface area contributed by atoms with Gasteiger partial charge in [0, 0.05) is 12.0 Å². The highest BCUT2D eigenvalue weighted by Gasteiger charge is 2.50. The molecule has 1 amide bonds. The minimum Gasteiger partial charge on any atom is -0.491 e. The molecule has 0 bridgehead atoms. The van der Waals surface area contributed by atoms with Crippen molar-refractivity contribution in [2.45, 2.75) is 52.4 Å². The molecule has 5 nitrogen and oxygen atoms in total. The highest BCUT2D eigenvalue weighted by atomic mass is 16.5. The molecular formula is C22H25NO4. The Labute approximate surface area is 159 Å². The third kappa shape index (κ3) is 3.74. The van der Waals surface area contributed by atoms with Crippen LogP contribution < -0.4 is 9.64 Å². The fourth-order valence-corrected chi connectivity index (χ4v) is 3.48. The summed E-state index contributed by atoms with van der Waals surface area (Å²) in [5.41, 5.74) is 1.20. The Balaban J connectivity index is 1.92. The van der Waals surface area contributed by atoms with E-state index in [0.29, 0.717) is 17.8 Å². The first-order valence-electron chi connectivity index (χ1n) is 9.11. The number of rotatable bonds is 6. The minimum atomic E-state index is -1.80. The summed E-state index contributed by atoms with van der Waals surface area (Å²) >= 11 is 0. The van der Waals surface area contributed by atoms with Crippen molar-refractivity contribution >= 4 is 17.4 Å². The number of fused-ring (bicyclic) bond motifs is 1. The third-order valence-electron chi connectivity index (χ3n) is 4.63. The van der Waals surface area contributed by atoms with Gasteiger partial charge in [-0.1, -0.05) is 29.8 Å². The molecule has 0 fully saturated rings. The Hall–Kier alpha value is -2.66. The summed E-state index contributed by atoms with van der Waals surface area (Å²) in [7, 11) is 0. The quantitative estimate of drug-likeness (QED) is 0.849. The predicted octanol–water partition coefficient (Wildman–Crippen LogP) is 3.50. The number of aliphatic hydroxyl groups is 1. The Morgan fingerprint density at radius 3 is 2.44 bits per heavy atom. The summed E-state index contributed by atoms with van der Waals surface area (Å²) in [5, 5.41) is 11.1. The molecule has 0 aromatic heterocycles. The van der Waals surface area contributed by atoms with Crippen molar-refractivity contribution in [3.63, 3.8) is 0 Å². The fourth-order valence-electron chi connectivity index (χ4n) is 3.48. The van der Waals surface area contributed by atoms with E-state index in [-0.39, 0.29) is 18.3 Å². The minimum absolute atomic E-state index is 0.0905. The molecule has 5 heteroatoms. The zero-order valence-corrected chi connectivity index (χ0v) is 16.2. The highest BCUT2D eigenvalue weighted by molar-refractivity contribution is 6.08. The molecule has 2 aromatic carbocycles. The second-order valence-corrected chi connectivity index (χ2v) is 7.46. The number of aryl methyl sites for hydroxylation is 1. The van der Waals surface area contributed by atoms with Crippen molar-refractivity contribution in [1.82, 2.24) is 0 Å². The van der Waals surface area contributed by atoms with Crippen molar-refractivity contribution < 1.29 is 19.4 Å². The summed E-state index contributed by atoms with van der Waals surface area (Å²) < 4.78 is 5.65. The zero-order valence-electron chi connectivity index (χ0n) is 16.2. The molecule has 142 valence electrons. The van der Waals surface area contributed by atoms with Gasteiger partial charge in [0.25, 0.3) is 5.91 Å². The van der Waals surface area contributed by atoms with E-state index >= 15 is 0 Å². The molecular weight excluding hydrogens is 342 g/mol. The van der Waals surface area contributed by atoms with Gasteiger partial charge in [0.1, 0.15) is 11.5 Å². The molecule has 27 heavy (non-hydrogen) atoms. The summed E-state index contributed by atoms with van der Waals surface area (Å²) in [6.07, 6.45) is -0.132. The molecule has 0 aliphatic carbocycles. The molecule has 0 radical (unpaired) electrons. The number of Topliss-reactive ketones (excluding diaryl/α,β-unsaturated/α-hetero) is 1. The van der Waals surface area contributed by atoms with Crippen LogP contribution in [0.1, 0.15) is 43.9 Å². The molecule has 1 aliphatic heterocycles. The van der Waals surface area contributed by atoms with E-state index in [9.17, 15) is 14.7 Å². The number of ether oxygens (including phenoxy) is 1. The van der Waals surface area contributed by atoms with Crippen molar-refractivity contribution in [2.24, 2.45) is 0 Å². The van der Waals surface area contributed by atoms with Crippen LogP contribution in [0.25, 0.3) is 0 Å². The van der Waals surface area contributed by atoms with Gasteiger partial charge in [-0.15, -0.1) is 0 Å². The van der Waals surface area contributed by atoms with Gasteiger partial charge in [-0.2, -0.15) is 0 Å². The largest absolute Gasteiger partial charge is 0.491 e. The maximum Gasteiger partial charge on any atom is 0.264 e. The number of benzene rings is 2. The van der Waals surface area contributed by atoms with E-state index in [2.05, 4.69) is 0 Å². The lowest BCUT2D eigenvalue weighted by atomic mass is 9.89. The standard InChI is InChI=1S/C22H25NO4/c1-14(2)27-18-8-6-17(7-9-18)13-23-20-10-5-15(3)11-19(20)22(26,21(23)25)12-16(4)24/h5-11,14,26H,12-13H2,1-4H3/t22-/m1/s1. The normalized spacial score (nSPS) is 18.7. The molecule has 1 atom stereocenters. The molecule has 0 spiro atoms. The van der Waals surface area contributed by atoms with Crippen LogP contribution in [0, 0.1) is 6.92 Å². The topological polar surface area (TPSA) is 66.8 Å². The number of anilines is 1. The first-order chi connectivity index (χ1) is 12.7. The summed E-state index contributed by atoms with van der Waals surface area (Å²) in [5.74, 6) is 0.0850. The van der Waals surface area contributed by atoms with E-state index < -0.39 is 11.5 Å². The van der Waals surface area contributed by atoms with E-state index in [1.54, 1.807) is 11.0 Å². The lowest BCUT2D eigenvalue weighted by molar-refractivity contribution is -0.141. The van der Waals surface area contributed by atoms with Crippen LogP contribution in [-0.4, -0.2) is 22.9 Å². The molecule has 3 rings (SSSR count). The second kappa shape index (κ2) is 7.16. The van der Waals surface area contributed by atoms with Gasteiger partial charge in [-0.25, -0.2) is 0 Å². The van der Waals surface area contributed by atoms with Crippen LogP contribution in [0.5, 0.6) is 5.75 Å².